The van der Waals surface area contributed by atoms with E-state index in [0.717, 1.165) is 20.0 Å². The molecular weight excluding hydrogens is 355 g/mol. The van der Waals surface area contributed by atoms with Gasteiger partial charge in [0.25, 0.3) is 0 Å². The van der Waals surface area contributed by atoms with Crippen molar-refractivity contribution in [2.75, 3.05) is 21.1 Å². The number of nitrogens with zero attached hydrogens (tertiary/aromatic N) is 1. The lowest BCUT2D eigenvalue weighted by Gasteiger charge is -2.31. The number of aromatic nitrogens is 1. The Kier molecular flexibility index (Phi) is 3.87. The normalized spacial score (nSPS) is 13.7. The first-order valence-electron chi connectivity index (χ1n) is 6.09. The van der Waals surface area contributed by atoms with Gasteiger partial charge in [0.1, 0.15) is 0 Å². The molecule has 0 saturated carbocycles. The van der Waals surface area contributed by atoms with Crippen molar-refractivity contribution in [2.24, 2.45) is 0 Å². The number of likely N-dealkylation sites (N-methyl/N-ethyl adjacent to an activating group) is 1. The lowest BCUT2D eigenvalue weighted by Crippen LogP contribution is -2.51. The summed E-state index contributed by atoms with van der Waals surface area (Å²) < 4.78 is 1.56. The third-order valence-electron chi connectivity index (χ3n) is 3.38. The van der Waals surface area contributed by atoms with Gasteiger partial charge in [-0.3, -0.25) is 0 Å². The minimum atomic E-state index is -0.757. The first kappa shape index (κ1) is 14.3. The van der Waals surface area contributed by atoms with Crippen LogP contribution in [0.2, 0.25) is 0 Å². The van der Waals surface area contributed by atoms with E-state index < -0.39 is 12.0 Å². The zero-order chi connectivity index (χ0) is 14.2. The lowest BCUT2D eigenvalue weighted by atomic mass is 10.0. The van der Waals surface area contributed by atoms with Crippen LogP contribution in [-0.2, 0) is 11.2 Å². The fourth-order valence-electron chi connectivity index (χ4n) is 2.25. The number of H-pyrrole nitrogens is 1. The van der Waals surface area contributed by atoms with Crippen molar-refractivity contribution in [3.63, 3.8) is 0 Å². The van der Waals surface area contributed by atoms with Crippen molar-refractivity contribution in [3.8, 4) is 0 Å². The number of halogens is 1. The zero-order valence-electron chi connectivity index (χ0n) is 11.3. The summed E-state index contributed by atoms with van der Waals surface area (Å²) in [5.74, 6) is -0.757. The van der Waals surface area contributed by atoms with Gasteiger partial charge in [0.05, 0.1) is 26.7 Å². The van der Waals surface area contributed by atoms with E-state index in [1.165, 1.54) is 0 Å². The van der Waals surface area contributed by atoms with E-state index in [1.54, 1.807) is 0 Å². The van der Waals surface area contributed by atoms with E-state index in [1.807, 2.05) is 45.5 Å². The quantitative estimate of drug-likeness (QED) is 0.639. The third kappa shape index (κ3) is 2.92. The molecule has 0 aliphatic carbocycles. The number of carbonyl (C=O) groups is 1. The van der Waals surface area contributed by atoms with Crippen LogP contribution in [0.3, 0.4) is 0 Å². The highest BCUT2D eigenvalue weighted by molar-refractivity contribution is 14.1. The van der Waals surface area contributed by atoms with Gasteiger partial charge in [-0.1, -0.05) is 12.1 Å². The van der Waals surface area contributed by atoms with Crippen LogP contribution in [0.1, 0.15) is 5.56 Å². The molecule has 0 bridgehead atoms. The second-order valence-corrected chi connectivity index (χ2v) is 6.81. The molecule has 0 spiro atoms. The van der Waals surface area contributed by atoms with E-state index in [2.05, 4.69) is 27.6 Å². The Morgan fingerprint density at radius 1 is 1.42 bits per heavy atom. The Labute approximate surface area is 126 Å². The maximum Gasteiger partial charge on any atom is 0.362 e. The number of carboxylic acid groups (broad SMARTS) is 1. The summed E-state index contributed by atoms with van der Waals surface area (Å²) in [4.78, 5) is 14.7. The van der Waals surface area contributed by atoms with Crippen LogP contribution in [-0.4, -0.2) is 47.7 Å². The maximum atomic E-state index is 11.4. The lowest BCUT2D eigenvalue weighted by molar-refractivity contribution is -0.887. The Bertz CT molecular complexity index is 613. The average molecular weight is 373 g/mol. The van der Waals surface area contributed by atoms with E-state index in [9.17, 15) is 9.90 Å². The highest BCUT2D eigenvalue weighted by atomic mass is 127. The Morgan fingerprint density at radius 2 is 2.11 bits per heavy atom. The molecule has 0 aliphatic heterocycles. The second-order valence-electron chi connectivity index (χ2n) is 5.65. The third-order valence-corrected chi connectivity index (χ3v) is 4.28. The summed E-state index contributed by atoms with van der Waals surface area (Å²) in [5.41, 5.74) is 2.15. The number of aliphatic carboxylic acids is 1. The zero-order valence-corrected chi connectivity index (χ0v) is 13.4. The molecule has 2 N–H and O–H groups in total. The number of benzene rings is 1. The fraction of sp³-hybridized carbons (Fsp3) is 0.357. The van der Waals surface area contributed by atoms with Crippen LogP contribution >= 0.6 is 22.6 Å². The van der Waals surface area contributed by atoms with Crippen LogP contribution < -0.4 is 0 Å². The van der Waals surface area contributed by atoms with Gasteiger partial charge in [0.15, 0.2) is 6.04 Å². The Hall–Kier alpha value is -1.08. The van der Waals surface area contributed by atoms with Crippen LogP contribution in [0.25, 0.3) is 10.9 Å². The van der Waals surface area contributed by atoms with Crippen LogP contribution in [0, 0.1) is 3.57 Å². The predicted octanol–water partition coefficient (Wildman–Crippen LogP) is 2.47. The maximum absolute atomic E-state index is 11.4. The largest absolute Gasteiger partial charge is 0.477 e. The highest BCUT2D eigenvalue weighted by Crippen LogP contribution is 2.25. The average Bonchev–Trinajstić information content (AvgIpc) is 2.68. The van der Waals surface area contributed by atoms with Crippen LogP contribution in [0.5, 0.6) is 0 Å². The molecule has 1 atom stereocenters. The molecule has 2 aromatic rings. The Balaban J connectivity index is 2.40. The molecule has 1 unspecified atom stereocenters. The molecule has 5 heteroatoms. The van der Waals surface area contributed by atoms with Gasteiger partial charge in [0, 0.05) is 21.6 Å². The van der Waals surface area contributed by atoms with Gasteiger partial charge in [-0.15, -0.1) is 0 Å². The minimum absolute atomic E-state index is 0.409. The molecular formula is C14H18IN2O2+. The standard InChI is InChI=1S/C14H17IN2O2/c1-17(2,3)12(14(18)19)7-9-8-16-13-10(9)5-4-6-11(13)15/h4-6,8,12,16H,7H2,1-3H3/p+1. The fourth-order valence-corrected chi connectivity index (χ4v) is 2.90. The van der Waals surface area contributed by atoms with E-state index in [0.29, 0.717) is 10.9 Å². The molecule has 4 nitrogen and oxygen atoms in total. The minimum Gasteiger partial charge on any atom is -0.477 e. The molecule has 1 aromatic heterocycles. The number of para-hydroxylation sites is 1. The van der Waals surface area contributed by atoms with Gasteiger partial charge in [-0.2, -0.15) is 0 Å². The number of nitrogens with one attached hydrogen (secondary N) is 1. The van der Waals surface area contributed by atoms with Crippen molar-refractivity contribution < 1.29 is 14.4 Å². The van der Waals surface area contributed by atoms with Gasteiger partial charge in [-0.05, 0) is 34.2 Å². The number of fused-ring (bicyclic) bond motifs is 1. The van der Waals surface area contributed by atoms with Crippen molar-refractivity contribution in [3.05, 3.63) is 33.5 Å². The molecule has 102 valence electrons. The van der Waals surface area contributed by atoms with E-state index in [4.69, 9.17) is 0 Å². The molecule has 0 radical (unpaired) electrons. The van der Waals surface area contributed by atoms with Crippen LogP contribution in [0.15, 0.2) is 24.4 Å². The molecule has 0 saturated heterocycles. The van der Waals surface area contributed by atoms with Crippen molar-refractivity contribution in [2.45, 2.75) is 12.5 Å². The van der Waals surface area contributed by atoms with Crippen molar-refractivity contribution in [1.82, 2.24) is 4.98 Å². The molecule has 19 heavy (non-hydrogen) atoms. The van der Waals surface area contributed by atoms with Crippen molar-refractivity contribution >= 4 is 39.5 Å². The predicted molar refractivity (Wildman–Crippen MR) is 84.2 cm³/mol. The number of hydrogen-bond acceptors (Lipinski definition) is 1. The van der Waals surface area contributed by atoms with Gasteiger partial charge in [0.2, 0.25) is 0 Å². The molecule has 0 aliphatic rings. The topological polar surface area (TPSA) is 53.1 Å². The summed E-state index contributed by atoms with van der Waals surface area (Å²) in [6, 6.07) is 5.63. The number of rotatable bonds is 4. The number of quaternary nitrogens is 1. The summed E-state index contributed by atoms with van der Waals surface area (Å²) in [6.07, 6.45) is 2.46. The van der Waals surface area contributed by atoms with E-state index >= 15 is 0 Å². The summed E-state index contributed by atoms with van der Waals surface area (Å²) in [7, 11) is 5.74. The first-order chi connectivity index (χ1) is 8.80. The van der Waals surface area contributed by atoms with Gasteiger partial charge >= 0.3 is 5.97 Å². The van der Waals surface area contributed by atoms with Gasteiger partial charge < -0.3 is 14.6 Å². The molecule has 1 aromatic carbocycles. The molecule has 0 amide bonds. The molecule has 1 heterocycles. The summed E-state index contributed by atoms with van der Waals surface area (Å²) >= 11 is 2.28. The molecule has 2 rings (SSSR count). The summed E-state index contributed by atoms with van der Waals surface area (Å²) in [5, 5.41) is 10.5. The van der Waals surface area contributed by atoms with Gasteiger partial charge in [-0.25, -0.2) is 4.79 Å². The number of aromatic amines is 1. The molecule has 0 fully saturated rings. The highest BCUT2D eigenvalue weighted by Gasteiger charge is 2.32. The number of carboxylic acids is 1. The van der Waals surface area contributed by atoms with E-state index in [-0.39, 0.29) is 0 Å². The Morgan fingerprint density at radius 3 is 2.68 bits per heavy atom. The number of hydrogen-bond donors (Lipinski definition) is 2. The SMILES string of the molecule is C[N+](C)(C)C(Cc1c[nH]c2c(I)cccc12)C(=O)O. The van der Waals surface area contributed by atoms with Crippen molar-refractivity contribution in [1.29, 1.82) is 0 Å². The summed E-state index contributed by atoms with van der Waals surface area (Å²) in [6.45, 7) is 0. The second kappa shape index (κ2) is 5.13. The van der Waals surface area contributed by atoms with Crippen LogP contribution in [0.4, 0.5) is 0 Å². The monoisotopic (exact) mass is 373 g/mol. The smallest absolute Gasteiger partial charge is 0.362 e. The first-order valence-corrected chi connectivity index (χ1v) is 7.17.